The Morgan fingerprint density at radius 3 is 2.46 bits per heavy atom. The van der Waals surface area contributed by atoms with Crippen molar-refractivity contribution >= 4 is 34.9 Å². The maximum Gasteiger partial charge on any atom is 0.264 e. The van der Waals surface area contributed by atoms with Crippen LogP contribution >= 0.6 is 23.1 Å². The molecule has 2 amide bonds. The summed E-state index contributed by atoms with van der Waals surface area (Å²) < 4.78 is 0. The Morgan fingerprint density at radius 2 is 1.82 bits per heavy atom. The molecule has 2 fully saturated rings. The van der Waals surface area contributed by atoms with Crippen LogP contribution in [0.15, 0.2) is 23.6 Å². The molecule has 0 atom stereocenters. The zero-order chi connectivity index (χ0) is 19.7. The summed E-state index contributed by atoms with van der Waals surface area (Å²) >= 11 is 3.31. The molecule has 0 aromatic carbocycles. The van der Waals surface area contributed by atoms with Crippen molar-refractivity contribution in [1.29, 1.82) is 0 Å². The van der Waals surface area contributed by atoms with Crippen molar-refractivity contribution in [2.75, 3.05) is 31.3 Å². The van der Waals surface area contributed by atoms with Crippen LogP contribution in [0.3, 0.4) is 0 Å². The molecule has 2 aliphatic heterocycles. The number of piperidine rings is 1. The minimum Gasteiger partial charge on any atom is -0.338 e. The monoisotopic (exact) mass is 415 g/mol. The number of carbonyl (C=O) groups is 2. The quantitative estimate of drug-likeness (QED) is 0.762. The smallest absolute Gasteiger partial charge is 0.264 e. The Morgan fingerprint density at radius 1 is 1.04 bits per heavy atom. The summed E-state index contributed by atoms with van der Waals surface area (Å²) in [5, 5.41) is 1.97. The van der Waals surface area contributed by atoms with E-state index < -0.39 is 0 Å². The summed E-state index contributed by atoms with van der Waals surface area (Å²) in [5.74, 6) is 2.22. The standard InChI is InChI=1S/C21H25N3O2S2/c1-14-7-11-28-19(14)21(26)23-8-5-16(6-9-23)18-17(4-3-15(2)22-18)20(25)24-10-12-27-13-24/h3-4,7,11,16H,5-6,8-10,12-13H2,1-2H3. The van der Waals surface area contributed by atoms with Gasteiger partial charge in [0, 0.05) is 37.0 Å². The lowest BCUT2D eigenvalue weighted by Crippen LogP contribution is -2.38. The van der Waals surface area contributed by atoms with E-state index in [0.717, 1.165) is 58.4 Å². The van der Waals surface area contributed by atoms with Gasteiger partial charge in [0.1, 0.15) is 0 Å². The van der Waals surface area contributed by atoms with Crippen LogP contribution < -0.4 is 0 Å². The Kier molecular flexibility index (Phi) is 5.73. The summed E-state index contributed by atoms with van der Waals surface area (Å²) in [7, 11) is 0. The zero-order valence-corrected chi connectivity index (χ0v) is 17.9. The van der Waals surface area contributed by atoms with E-state index in [-0.39, 0.29) is 17.7 Å². The predicted molar refractivity (Wildman–Crippen MR) is 114 cm³/mol. The molecule has 2 aliphatic rings. The molecule has 7 heteroatoms. The normalized spacial score (nSPS) is 17.9. The first kappa shape index (κ1) is 19.5. The van der Waals surface area contributed by atoms with Gasteiger partial charge < -0.3 is 9.80 Å². The molecule has 0 unspecified atom stereocenters. The lowest BCUT2D eigenvalue weighted by molar-refractivity contribution is 0.0711. The number of hydrogen-bond donors (Lipinski definition) is 0. The number of thiophene rings is 1. The van der Waals surface area contributed by atoms with E-state index in [2.05, 4.69) is 0 Å². The molecule has 0 aliphatic carbocycles. The van der Waals surface area contributed by atoms with Crippen LogP contribution in [-0.4, -0.2) is 57.9 Å². The highest BCUT2D eigenvalue weighted by Gasteiger charge is 2.30. The van der Waals surface area contributed by atoms with E-state index >= 15 is 0 Å². The summed E-state index contributed by atoms with van der Waals surface area (Å²) in [6.07, 6.45) is 1.70. The fraction of sp³-hybridized carbons (Fsp3) is 0.476. The summed E-state index contributed by atoms with van der Waals surface area (Å²) in [4.78, 5) is 35.3. The van der Waals surface area contributed by atoms with Crippen LogP contribution in [0.4, 0.5) is 0 Å². The second-order valence-electron chi connectivity index (χ2n) is 7.49. The number of rotatable bonds is 3. The second kappa shape index (κ2) is 8.25. The minimum absolute atomic E-state index is 0.0974. The first-order chi connectivity index (χ1) is 13.5. The van der Waals surface area contributed by atoms with Crippen molar-refractivity contribution in [1.82, 2.24) is 14.8 Å². The molecule has 0 bridgehead atoms. The number of carbonyl (C=O) groups excluding carboxylic acids is 2. The fourth-order valence-corrected chi connectivity index (χ4v) is 5.74. The Balaban J connectivity index is 1.50. The van der Waals surface area contributed by atoms with Crippen molar-refractivity contribution in [3.8, 4) is 0 Å². The van der Waals surface area contributed by atoms with Gasteiger partial charge in [-0.25, -0.2) is 0 Å². The van der Waals surface area contributed by atoms with E-state index in [1.165, 1.54) is 11.3 Å². The highest BCUT2D eigenvalue weighted by atomic mass is 32.2. The largest absolute Gasteiger partial charge is 0.338 e. The van der Waals surface area contributed by atoms with Crippen LogP contribution in [0.2, 0.25) is 0 Å². The summed E-state index contributed by atoms with van der Waals surface area (Å²) in [5.41, 5.74) is 3.65. The molecule has 2 saturated heterocycles. The van der Waals surface area contributed by atoms with Crippen molar-refractivity contribution in [2.45, 2.75) is 32.6 Å². The van der Waals surface area contributed by atoms with Crippen LogP contribution in [0.25, 0.3) is 0 Å². The summed E-state index contributed by atoms with van der Waals surface area (Å²) in [6, 6.07) is 5.86. The highest BCUT2D eigenvalue weighted by Crippen LogP contribution is 2.32. The number of hydrogen-bond acceptors (Lipinski definition) is 5. The first-order valence-electron chi connectivity index (χ1n) is 9.72. The molecule has 28 heavy (non-hydrogen) atoms. The maximum absolute atomic E-state index is 13.0. The number of amides is 2. The Labute approximate surface area is 174 Å². The van der Waals surface area contributed by atoms with Gasteiger partial charge in [0.25, 0.3) is 11.8 Å². The molecular weight excluding hydrogens is 390 g/mol. The summed E-state index contributed by atoms with van der Waals surface area (Å²) in [6.45, 7) is 6.20. The lowest BCUT2D eigenvalue weighted by Gasteiger charge is -2.32. The van der Waals surface area contributed by atoms with Gasteiger partial charge in [0.2, 0.25) is 0 Å². The molecular formula is C21H25N3O2S2. The molecule has 4 heterocycles. The van der Waals surface area contributed by atoms with Crippen LogP contribution in [0, 0.1) is 13.8 Å². The van der Waals surface area contributed by atoms with Gasteiger partial charge in [0.05, 0.1) is 22.0 Å². The molecule has 2 aromatic rings. The van der Waals surface area contributed by atoms with Gasteiger partial charge >= 0.3 is 0 Å². The minimum atomic E-state index is 0.0974. The van der Waals surface area contributed by atoms with Crippen LogP contribution in [0.5, 0.6) is 0 Å². The zero-order valence-electron chi connectivity index (χ0n) is 16.3. The maximum atomic E-state index is 13.0. The van der Waals surface area contributed by atoms with E-state index in [4.69, 9.17) is 4.98 Å². The molecule has 0 N–H and O–H groups in total. The van der Waals surface area contributed by atoms with Gasteiger partial charge in [-0.1, -0.05) is 0 Å². The highest BCUT2D eigenvalue weighted by molar-refractivity contribution is 7.99. The predicted octanol–water partition coefficient (Wildman–Crippen LogP) is 3.93. The number of aromatic nitrogens is 1. The van der Waals surface area contributed by atoms with Crippen LogP contribution in [0.1, 0.15) is 55.7 Å². The van der Waals surface area contributed by atoms with E-state index in [1.807, 2.05) is 47.2 Å². The number of likely N-dealkylation sites (tertiary alicyclic amines) is 1. The van der Waals surface area contributed by atoms with Crippen molar-refractivity contribution < 1.29 is 9.59 Å². The SMILES string of the molecule is Cc1ccc(C(=O)N2CCSC2)c(C2CCN(C(=O)c3sccc3C)CC2)n1. The number of thioether (sulfide) groups is 1. The fourth-order valence-electron chi connectivity index (χ4n) is 3.90. The van der Waals surface area contributed by atoms with Crippen LogP contribution in [-0.2, 0) is 0 Å². The Hall–Kier alpha value is -1.86. The molecule has 148 valence electrons. The Bertz CT molecular complexity index is 882. The lowest BCUT2D eigenvalue weighted by atomic mass is 9.89. The van der Waals surface area contributed by atoms with Gasteiger partial charge in [-0.3, -0.25) is 14.6 Å². The molecule has 5 nitrogen and oxygen atoms in total. The van der Waals surface area contributed by atoms with Gasteiger partial charge in [-0.15, -0.1) is 23.1 Å². The topological polar surface area (TPSA) is 53.5 Å². The van der Waals surface area contributed by atoms with Crippen molar-refractivity contribution in [3.63, 3.8) is 0 Å². The van der Waals surface area contributed by atoms with Gasteiger partial charge in [-0.2, -0.15) is 0 Å². The molecule has 2 aromatic heterocycles. The average molecular weight is 416 g/mol. The third kappa shape index (κ3) is 3.82. The first-order valence-corrected chi connectivity index (χ1v) is 11.8. The third-order valence-corrected chi connectivity index (χ3v) is 7.53. The van der Waals surface area contributed by atoms with E-state index in [1.54, 1.807) is 11.8 Å². The third-order valence-electron chi connectivity index (χ3n) is 5.56. The van der Waals surface area contributed by atoms with E-state index in [9.17, 15) is 9.59 Å². The van der Waals surface area contributed by atoms with Crippen molar-refractivity contribution in [2.24, 2.45) is 0 Å². The molecule has 0 saturated carbocycles. The van der Waals surface area contributed by atoms with Gasteiger partial charge in [0.15, 0.2) is 0 Å². The van der Waals surface area contributed by atoms with Gasteiger partial charge in [-0.05, 0) is 55.8 Å². The molecule has 4 rings (SSSR count). The average Bonchev–Trinajstić information content (AvgIpc) is 3.39. The molecule has 0 radical (unpaired) electrons. The van der Waals surface area contributed by atoms with E-state index in [0.29, 0.717) is 13.1 Å². The molecule has 0 spiro atoms. The number of aryl methyl sites for hydroxylation is 2. The number of nitrogens with zero attached hydrogens (tertiary/aromatic N) is 3. The second-order valence-corrected chi connectivity index (χ2v) is 9.48. The number of pyridine rings is 1. The van der Waals surface area contributed by atoms with Crippen molar-refractivity contribution in [3.05, 3.63) is 51.0 Å².